The minimum Gasteiger partial charge on any atom is -0.361 e. The zero-order chi connectivity index (χ0) is 17.7. The molecule has 24 heavy (non-hydrogen) atoms. The Morgan fingerprint density at radius 2 is 1.92 bits per heavy atom. The van der Waals surface area contributed by atoms with E-state index >= 15 is 0 Å². The summed E-state index contributed by atoms with van der Waals surface area (Å²) in [6.45, 7) is 9.48. The third-order valence-corrected chi connectivity index (χ3v) is 3.93. The number of amides is 2. The van der Waals surface area contributed by atoms with Crippen molar-refractivity contribution in [1.82, 2.24) is 15.4 Å². The molecule has 0 unspecified atom stereocenters. The van der Waals surface area contributed by atoms with Crippen LogP contribution < -0.4 is 5.32 Å². The van der Waals surface area contributed by atoms with Gasteiger partial charge in [0.15, 0.2) is 0 Å². The number of nitrogens with one attached hydrogen (secondary N) is 1. The van der Waals surface area contributed by atoms with Gasteiger partial charge >= 0.3 is 6.03 Å². The quantitative estimate of drug-likeness (QED) is 0.910. The van der Waals surface area contributed by atoms with E-state index in [2.05, 4.69) is 55.5 Å². The number of aryl methyl sites for hydroxylation is 1. The average Bonchev–Trinajstić information content (AvgIpc) is 2.91. The molecule has 0 bridgehead atoms. The molecule has 0 fully saturated rings. The first kappa shape index (κ1) is 18.0. The zero-order valence-corrected chi connectivity index (χ0v) is 15.2. The third kappa shape index (κ3) is 5.11. The van der Waals surface area contributed by atoms with Crippen molar-refractivity contribution in [3.8, 4) is 0 Å². The fourth-order valence-corrected chi connectivity index (χ4v) is 2.43. The second-order valence-electron chi connectivity index (χ2n) is 7.21. The summed E-state index contributed by atoms with van der Waals surface area (Å²) < 4.78 is 5.01. The van der Waals surface area contributed by atoms with E-state index in [9.17, 15) is 4.79 Å². The first-order chi connectivity index (χ1) is 11.3. The second-order valence-corrected chi connectivity index (χ2v) is 7.21. The Labute approximate surface area is 144 Å². The Balaban J connectivity index is 1.77. The van der Waals surface area contributed by atoms with Crippen molar-refractivity contribution in [1.29, 1.82) is 0 Å². The van der Waals surface area contributed by atoms with Gasteiger partial charge < -0.3 is 14.7 Å². The first-order valence-electron chi connectivity index (χ1n) is 8.26. The predicted molar refractivity (Wildman–Crippen MR) is 95.0 cm³/mol. The van der Waals surface area contributed by atoms with Gasteiger partial charge in [0.1, 0.15) is 11.5 Å². The fourth-order valence-electron chi connectivity index (χ4n) is 2.43. The van der Waals surface area contributed by atoms with Gasteiger partial charge in [0.2, 0.25) is 0 Å². The number of rotatable bonds is 5. The molecule has 130 valence electrons. The van der Waals surface area contributed by atoms with E-state index in [-0.39, 0.29) is 11.4 Å². The van der Waals surface area contributed by atoms with Crippen LogP contribution in [0, 0.1) is 6.92 Å². The Morgan fingerprint density at radius 3 is 2.46 bits per heavy atom. The summed E-state index contributed by atoms with van der Waals surface area (Å²) in [6, 6.07) is 10.3. The van der Waals surface area contributed by atoms with Gasteiger partial charge in [-0.15, -0.1) is 0 Å². The van der Waals surface area contributed by atoms with Crippen LogP contribution >= 0.6 is 0 Å². The molecule has 0 radical (unpaired) electrons. The van der Waals surface area contributed by atoms with Crippen molar-refractivity contribution < 1.29 is 9.32 Å². The summed E-state index contributed by atoms with van der Waals surface area (Å²) in [5.41, 5.74) is 3.45. The number of carbonyl (C=O) groups is 1. The van der Waals surface area contributed by atoms with Crippen molar-refractivity contribution in [2.24, 2.45) is 0 Å². The van der Waals surface area contributed by atoms with Crippen LogP contribution in [0.15, 0.2) is 34.9 Å². The van der Waals surface area contributed by atoms with E-state index in [1.165, 1.54) is 11.1 Å². The Kier molecular flexibility index (Phi) is 5.65. The number of benzene rings is 1. The summed E-state index contributed by atoms with van der Waals surface area (Å²) in [5, 5.41) is 6.83. The van der Waals surface area contributed by atoms with E-state index in [0.29, 0.717) is 13.1 Å². The highest BCUT2D eigenvalue weighted by molar-refractivity contribution is 5.73. The molecular weight excluding hydrogens is 302 g/mol. The molecule has 5 heteroatoms. The SMILES string of the molecule is Cc1cc(CN(C)C(=O)NCCc2ccc(C(C)(C)C)cc2)no1. The third-order valence-electron chi connectivity index (χ3n) is 3.93. The molecule has 0 aliphatic carbocycles. The van der Waals surface area contributed by atoms with Crippen molar-refractivity contribution in [2.45, 2.75) is 46.1 Å². The first-order valence-corrected chi connectivity index (χ1v) is 8.26. The van der Waals surface area contributed by atoms with Crippen LogP contribution in [-0.4, -0.2) is 29.7 Å². The maximum Gasteiger partial charge on any atom is 0.317 e. The minimum absolute atomic E-state index is 0.109. The molecule has 2 amide bonds. The highest BCUT2D eigenvalue weighted by atomic mass is 16.5. The molecule has 2 aromatic rings. The smallest absolute Gasteiger partial charge is 0.317 e. The summed E-state index contributed by atoms with van der Waals surface area (Å²) >= 11 is 0. The van der Waals surface area contributed by atoms with Crippen LogP contribution in [-0.2, 0) is 18.4 Å². The normalized spacial score (nSPS) is 11.4. The number of aromatic nitrogens is 1. The standard InChI is InChI=1S/C19H27N3O2/c1-14-12-17(21-24-14)13-22(5)18(23)20-11-10-15-6-8-16(9-7-15)19(2,3)4/h6-9,12H,10-11,13H2,1-5H3,(H,20,23). The van der Waals surface area contributed by atoms with Gasteiger partial charge in [0.05, 0.1) is 6.54 Å². The van der Waals surface area contributed by atoms with Crippen LogP contribution in [0.2, 0.25) is 0 Å². The van der Waals surface area contributed by atoms with Gasteiger partial charge in [-0.25, -0.2) is 4.79 Å². The van der Waals surface area contributed by atoms with E-state index in [0.717, 1.165) is 17.9 Å². The molecule has 0 spiro atoms. The highest BCUT2D eigenvalue weighted by Gasteiger charge is 2.13. The number of urea groups is 1. The molecule has 0 atom stereocenters. The predicted octanol–water partition coefficient (Wildman–Crippen LogP) is 3.66. The van der Waals surface area contributed by atoms with Gasteiger partial charge in [-0.1, -0.05) is 50.2 Å². The van der Waals surface area contributed by atoms with Gasteiger partial charge in [0, 0.05) is 19.7 Å². The van der Waals surface area contributed by atoms with Crippen molar-refractivity contribution in [2.75, 3.05) is 13.6 Å². The van der Waals surface area contributed by atoms with Crippen molar-refractivity contribution in [3.05, 3.63) is 52.9 Å². The number of hydrogen-bond acceptors (Lipinski definition) is 3. The Hall–Kier alpha value is -2.30. The van der Waals surface area contributed by atoms with E-state index in [4.69, 9.17) is 4.52 Å². The van der Waals surface area contributed by atoms with Crippen LogP contribution in [0.1, 0.15) is 43.4 Å². The lowest BCUT2D eigenvalue weighted by atomic mass is 9.86. The lowest BCUT2D eigenvalue weighted by Crippen LogP contribution is -2.37. The largest absolute Gasteiger partial charge is 0.361 e. The molecule has 1 aromatic carbocycles. The van der Waals surface area contributed by atoms with Gasteiger partial charge in [-0.05, 0) is 29.9 Å². The molecule has 5 nitrogen and oxygen atoms in total. The topological polar surface area (TPSA) is 58.4 Å². The second kappa shape index (κ2) is 7.51. The molecule has 1 aromatic heterocycles. The molecule has 1 heterocycles. The summed E-state index contributed by atoms with van der Waals surface area (Å²) in [5.74, 6) is 0.748. The molecule has 0 aliphatic rings. The molecule has 0 aliphatic heterocycles. The van der Waals surface area contributed by atoms with Crippen molar-refractivity contribution in [3.63, 3.8) is 0 Å². The van der Waals surface area contributed by atoms with E-state index in [1.807, 2.05) is 13.0 Å². The summed E-state index contributed by atoms with van der Waals surface area (Å²) in [6.07, 6.45) is 0.813. The van der Waals surface area contributed by atoms with E-state index in [1.54, 1.807) is 11.9 Å². The van der Waals surface area contributed by atoms with Crippen LogP contribution in [0.3, 0.4) is 0 Å². The van der Waals surface area contributed by atoms with Crippen molar-refractivity contribution >= 4 is 6.03 Å². The van der Waals surface area contributed by atoms with Crippen LogP contribution in [0.5, 0.6) is 0 Å². The summed E-state index contributed by atoms with van der Waals surface area (Å²) in [4.78, 5) is 13.7. The Morgan fingerprint density at radius 1 is 1.25 bits per heavy atom. The number of hydrogen-bond donors (Lipinski definition) is 1. The van der Waals surface area contributed by atoms with Gasteiger partial charge in [-0.2, -0.15) is 0 Å². The number of nitrogens with zero attached hydrogens (tertiary/aromatic N) is 2. The molecule has 1 N–H and O–H groups in total. The maximum atomic E-state index is 12.1. The highest BCUT2D eigenvalue weighted by Crippen LogP contribution is 2.22. The lowest BCUT2D eigenvalue weighted by molar-refractivity contribution is 0.205. The molecule has 0 saturated carbocycles. The van der Waals surface area contributed by atoms with Gasteiger partial charge in [-0.3, -0.25) is 0 Å². The van der Waals surface area contributed by atoms with E-state index < -0.39 is 0 Å². The fraction of sp³-hybridized carbons (Fsp3) is 0.474. The molecule has 2 rings (SSSR count). The zero-order valence-electron chi connectivity index (χ0n) is 15.2. The van der Waals surface area contributed by atoms with Crippen LogP contribution in [0.25, 0.3) is 0 Å². The minimum atomic E-state index is -0.109. The van der Waals surface area contributed by atoms with Gasteiger partial charge in [0.25, 0.3) is 0 Å². The molecular formula is C19H27N3O2. The molecule has 0 saturated heterocycles. The Bertz CT molecular complexity index is 669. The lowest BCUT2D eigenvalue weighted by Gasteiger charge is -2.19. The average molecular weight is 329 g/mol. The monoisotopic (exact) mass is 329 g/mol. The summed E-state index contributed by atoms with van der Waals surface area (Å²) in [7, 11) is 1.75. The van der Waals surface area contributed by atoms with Crippen LogP contribution in [0.4, 0.5) is 4.79 Å². The maximum absolute atomic E-state index is 12.1. The number of carbonyl (C=O) groups excluding carboxylic acids is 1.